The molecule has 1 unspecified atom stereocenters. The Balaban J connectivity index is 2.95. The Hall–Kier alpha value is -1.47. The first-order valence-electron chi connectivity index (χ1n) is 6.97. The van der Waals surface area contributed by atoms with Crippen molar-refractivity contribution < 1.29 is 19.1 Å². The maximum atomic E-state index is 11.8. The number of hydrogen-bond acceptors (Lipinski definition) is 7. The normalized spacial score (nSPS) is 12.0. The van der Waals surface area contributed by atoms with Gasteiger partial charge in [0.25, 0.3) is 0 Å². The van der Waals surface area contributed by atoms with Crippen molar-refractivity contribution in [3.63, 3.8) is 0 Å². The summed E-state index contributed by atoms with van der Waals surface area (Å²) in [5.74, 6) is -0.756. The summed E-state index contributed by atoms with van der Waals surface area (Å²) in [5.41, 5.74) is 0.0875. The van der Waals surface area contributed by atoms with E-state index in [2.05, 4.69) is 17.2 Å². The second-order valence-corrected chi connectivity index (χ2v) is 5.56. The van der Waals surface area contributed by atoms with Gasteiger partial charge in [-0.15, -0.1) is 0 Å². The lowest BCUT2D eigenvalue weighted by molar-refractivity contribution is 0.0517. The third-order valence-electron chi connectivity index (χ3n) is 2.75. The molecule has 1 aromatic rings. The number of nitrogens with one attached hydrogen (secondary N) is 1. The average molecular weight is 314 g/mol. The molecule has 1 heterocycles. The van der Waals surface area contributed by atoms with Crippen molar-refractivity contribution in [1.29, 1.82) is 0 Å². The molecular weight excluding hydrogens is 292 g/mol. The number of anilines is 1. The van der Waals surface area contributed by atoms with Crippen LogP contribution in [0.15, 0.2) is 0 Å². The van der Waals surface area contributed by atoms with E-state index in [1.807, 2.05) is 0 Å². The van der Waals surface area contributed by atoms with Gasteiger partial charge in [-0.25, -0.2) is 9.78 Å². The number of hydrogen-bond donors (Lipinski definition) is 1. The Labute approximate surface area is 128 Å². The molecule has 1 atom stereocenters. The highest BCUT2D eigenvalue weighted by molar-refractivity contribution is 7.17. The van der Waals surface area contributed by atoms with Crippen LogP contribution >= 0.6 is 11.3 Å². The monoisotopic (exact) mass is 314 g/mol. The summed E-state index contributed by atoms with van der Waals surface area (Å²) in [5, 5.41) is 3.76. The summed E-state index contributed by atoms with van der Waals surface area (Å²) in [6, 6.07) is 0.0982. The molecule has 0 fully saturated rings. The second kappa shape index (κ2) is 8.74. The smallest absolute Gasteiger partial charge is 0.358 e. The van der Waals surface area contributed by atoms with Crippen LogP contribution in [-0.2, 0) is 9.47 Å². The van der Waals surface area contributed by atoms with Gasteiger partial charge in [-0.05, 0) is 13.3 Å². The highest BCUT2D eigenvalue weighted by atomic mass is 32.1. The van der Waals surface area contributed by atoms with E-state index < -0.39 is 5.97 Å². The molecule has 118 valence electrons. The molecule has 0 aromatic carbocycles. The zero-order valence-electron chi connectivity index (χ0n) is 12.9. The Morgan fingerprint density at radius 1 is 1.38 bits per heavy atom. The first kappa shape index (κ1) is 17.6. The zero-order chi connectivity index (χ0) is 15.8. The minimum Gasteiger partial charge on any atom is -0.461 e. The predicted molar refractivity (Wildman–Crippen MR) is 82.3 cm³/mol. The Morgan fingerprint density at radius 2 is 2.10 bits per heavy atom. The number of carbonyl (C=O) groups is 2. The van der Waals surface area contributed by atoms with E-state index in [0.29, 0.717) is 16.6 Å². The van der Waals surface area contributed by atoms with Gasteiger partial charge in [-0.1, -0.05) is 24.7 Å². The summed E-state index contributed by atoms with van der Waals surface area (Å²) < 4.78 is 10.1. The van der Waals surface area contributed by atoms with Crippen LogP contribution in [0.2, 0.25) is 0 Å². The number of methoxy groups -OCH3 is 1. The van der Waals surface area contributed by atoms with Crippen molar-refractivity contribution in [2.24, 2.45) is 0 Å². The third kappa shape index (κ3) is 5.09. The number of aromatic nitrogens is 1. The van der Waals surface area contributed by atoms with Crippen LogP contribution in [0.25, 0.3) is 0 Å². The molecule has 6 nitrogen and oxygen atoms in total. The summed E-state index contributed by atoms with van der Waals surface area (Å²) in [7, 11) is 1.64. The molecule has 1 rings (SSSR count). The topological polar surface area (TPSA) is 77.5 Å². The lowest BCUT2D eigenvalue weighted by atomic mass is 10.2. The van der Waals surface area contributed by atoms with Gasteiger partial charge in [0.1, 0.15) is 4.88 Å². The molecule has 0 amide bonds. The maximum Gasteiger partial charge on any atom is 0.358 e. The van der Waals surface area contributed by atoms with Crippen molar-refractivity contribution >= 4 is 28.2 Å². The predicted octanol–water partition coefficient (Wildman–Crippen LogP) is 2.75. The largest absolute Gasteiger partial charge is 0.461 e. The number of esters is 1. The van der Waals surface area contributed by atoms with Crippen LogP contribution < -0.4 is 5.32 Å². The summed E-state index contributed by atoms with van der Waals surface area (Å²) in [4.78, 5) is 28.0. The minimum absolute atomic E-state index is 0.0875. The van der Waals surface area contributed by atoms with Gasteiger partial charge >= 0.3 is 5.97 Å². The molecule has 0 aliphatic carbocycles. The summed E-state index contributed by atoms with van der Waals surface area (Å²) in [6.07, 6.45) is 1.91. The first-order valence-corrected chi connectivity index (χ1v) is 7.79. The van der Waals surface area contributed by atoms with Crippen molar-refractivity contribution in [2.45, 2.75) is 39.7 Å². The maximum absolute atomic E-state index is 11.8. The van der Waals surface area contributed by atoms with Crippen LogP contribution in [0, 0.1) is 0 Å². The molecule has 1 aromatic heterocycles. The van der Waals surface area contributed by atoms with Gasteiger partial charge in [-0.2, -0.15) is 0 Å². The molecule has 1 N–H and O–H groups in total. The molecule has 0 aliphatic rings. The fraction of sp³-hybridized carbons (Fsp3) is 0.643. The standard InChI is InChI=1S/C14H22N2O4S/c1-5-7-10(8-19-4)15-14-16-11(13(18)20-6-2)12(21-14)9(3)17/h10H,5-8H2,1-4H3,(H,15,16). The highest BCUT2D eigenvalue weighted by Crippen LogP contribution is 2.25. The van der Waals surface area contributed by atoms with E-state index in [0.717, 1.165) is 12.8 Å². The number of rotatable bonds is 9. The van der Waals surface area contributed by atoms with Gasteiger partial charge in [0.05, 0.1) is 19.3 Å². The Morgan fingerprint density at radius 3 is 2.62 bits per heavy atom. The third-order valence-corrected chi connectivity index (χ3v) is 3.84. The van der Waals surface area contributed by atoms with Gasteiger partial charge in [0.15, 0.2) is 16.6 Å². The number of Topliss-reactive ketones (excluding diaryl/α,β-unsaturated/α-hetero) is 1. The number of ether oxygens (including phenoxy) is 2. The van der Waals surface area contributed by atoms with E-state index in [1.54, 1.807) is 14.0 Å². The number of ketones is 1. The van der Waals surface area contributed by atoms with Gasteiger partial charge < -0.3 is 14.8 Å². The van der Waals surface area contributed by atoms with Crippen LogP contribution in [0.1, 0.15) is 53.8 Å². The van der Waals surface area contributed by atoms with Gasteiger partial charge in [0, 0.05) is 14.0 Å². The minimum atomic E-state index is -0.564. The van der Waals surface area contributed by atoms with E-state index in [4.69, 9.17) is 9.47 Å². The lowest BCUT2D eigenvalue weighted by Crippen LogP contribution is -2.24. The van der Waals surface area contributed by atoms with Crippen LogP contribution in [0.3, 0.4) is 0 Å². The second-order valence-electron chi connectivity index (χ2n) is 4.56. The molecule has 0 saturated carbocycles. The zero-order valence-corrected chi connectivity index (χ0v) is 13.7. The van der Waals surface area contributed by atoms with Crippen molar-refractivity contribution in [3.05, 3.63) is 10.6 Å². The molecule has 0 aliphatic heterocycles. The number of thiazole rings is 1. The van der Waals surface area contributed by atoms with Crippen LogP contribution in [0.4, 0.5) is 5.13 Å². The average Bonchev–Trinajstić information content (AvgIpc) is 2.84. The van der Waals surface area contributed by atoms with Crippen molar-refractivity contribution in [3.8, 4) is 0 Å². The van der Waals surface area contributed by atoms with Crippen LogP contribution in [-0.4, -0.2) is 43.1 Å². The highest BCUT2D eigenvalue weighted by Gasteiger charge is 2.23. The van der Waals surface area contributed by atoms with Crippen molar-refractivity contribution in [2.75, 3.05) is 25.6 Å². The van der Waals surface area contributed by atoms with Crippen molar-refractivity contribution in [1.82, 2.24) is 4.98 Å². The SMILES string of the molecule is CCCC(COC)Nc1nc(C(=O)OCC)c(C(C)=O)s1. The fourth-order valence-electron chi connectivity index (χ4n) is 1.88. The molecule has 0 radical (unpaired) electrons. The van der Waals surface area contributed by atoms with E-state index in [9.17, 15) is 9.59 Å². The quantitative estimate of drug-likeness (QED) is 0.558. The first-order chi connectivity index (χ1) is 10.0. The molecule has 7 heteroatoms. The molecule has 0 spiro atoms. The van der Waals surface area contributed by atoms with Gasteiger partial charge in [-0.3, -0.25) is 4.79 Å². The van der Waals surface area contributed by atoms with E-state index >= 15 is 0 Å². The Bertz CT molecular complexity index is 481. The molecule has 0 bridgehead atoms. The van der Waals surface area contributed by atoms with E-state index in [-0.39, 0.29) is 24.1 Å². The van der Waals surface area contributed by atoms with Gasteiger partial charge in [0.2, 0.25) is 0 Å². The fourth-order valence-corrected chi connectivity index (χ4v) is 2.80. The number of nitrogens with zero attached hydrogens (tertiary/aromatic N) is 1. The summed E-state index contributed by atoms with van der Waals surface area (Å²) in [6.45, 7) is 6.00. The summed E-state index contributed by atoms with van der Waals surface area (Å²) >= 11 is 1.17. The van der Waals surface area contributed by atoms with E-state index in [1.165, 1.54) is 18.3 Å². The van der Waals surface area contributed by atoms with Crippen LogP contribution in [0.5, 0.6) is 0 Å². The molecule has 21 heavy (non-hydrogen) atoms. The Kier molecular flexibility index (Phi) is 7.31. The number of carbonyl (C=O) groups excluding carboxylic acids is 2. The molecule has 0 saturated heterocycles. The molecular formula is C14H22N2O4S. The lowest BCUT2D eigenvalue weighted by Gasteiger charge is -2.15.